The molecule has 0 amide bonds. The Morgan fingerprint density at radius 2 is 1.90 bits per heavy atom. The van der Waals surface area contributed by atoms with E-state index in [1.807, 2.05) is 17.7 Å². The molecular formula is C17H21FN2. The highest BCUT2D eigenvalue weighted by Crippen LogP contribution is 2.45. The van der Waals surface area contributed by atoms with Crippen molar-refractivity contribution in [3.05, 3.63) is 41.5 Å². The van der Waals surface area contributed by atoms with Gasteiger partial charge < -0.3 is 0 Å². The van der Waals surface area contributed by atoms with E-state index in [0.29, 0.717) is 5.92 Å². The van der Waals surface area contributed by atoms with Gasteiger partial charge >= 0.3 is 0 Å². The summed E-state index contributed by atoms with van der Waals surface area (Å²) >= 11 is 0. The maximum atomic E-state index is 13.5. The van der Waals surface area contributed by atoms with Gasteiger partial charge in [0.05, 0.1) is 11.2 Å². The third-order valence-electron chi connectivity index (χ3n) is 3.91. The molecule has 3 rings (SSSR count). The van der Waals surface area contributed by atoms with E-state index < -0.39 is 0 Å². The van der Waals surface area contributed by atoms with Gasteiger partial charge in [-0.1, -0.05) is 6.07 Å². The molecule has 2 nitrogen and oxygen atoms in total. The van der Waals surface area contributed by atoms with Gasteiger partial charge in [-0.2, -0.15) is 5.10 Å². The van der Waals surface area contributed by atoms with E-state index in [-0.39, 0.29) is 11.4 Å². The van der Waals surface area contributed by atoms with Gasteiger partial charge in [0.15, 0.2) is 0 Å². The predicted octanol–water partition coefficient (Wildman–Crippen LogP) is 4.63. The molecule has 1 aromatic carbocycles. The maximum absolute atomic E-state index is 13.5. The van der Waals surface area contributed by atoms with Crippen LogP contribution in [-0.4, -0.2) is 9.78 Å². The van der Waals surface area contributed by atoms with Crippen LogP contribution in [0.15, 0.2) is 24.4 Å². The number of rotatable bonds is 2. The molecule has 0 unspecified atom stereocenters. The molecule has 1 saturated carbocycles. The van der Waals surface area contributed by atoms with Crippen molar-refractivity contribution < 1.29 is 4.39 Å². The van der Waals surface area contributed by atoms with Gasteiger partial charge in [-0.25, -0.2) is 4.39 Å². The fourth-order valence-electron chi connectivity index (χ4n) is 2.58. The fraction of sp³-hybridized carbons (Fsp3) is 0.471. The van der Waals surface area contributed by atoms with Crippen LogP contribution < -0.4 is 0 Å². The lowest BCUT2D eigenvalue weighted by Gasteiger charge is -2.18. The number of halogens is 1. The van der Waals surface area contributed by atoms with E-state index >= 15 is 0 Å². The van der Waals surface area contributed by atoms with Crippen molar-refractivity contribution in [1.82, 2.24) is 9.78 Å². The Kier molecular flexibility index (Phi) is 2.96. The zero-order chi connectivity index (χ0) is 14.5. The molecule has 1 fully saturated rings. The molecular weight excluding hydrogens is 251 g/mol. The van der Waals surface area contributed by atoms with Crippen molar-refractivity contribution >= 4 is 0 Å². The van der Waals surface area contributed by atoms with E-state index in [2.05, 4.69) is 32.1 Å². The fourth-order valence-corrected chi connectivity index (χ4v) is 2.58. The Morgan fingerprint density at radius 3 is 2.45 bits per heavy atom. The number of hydrogen-bond acceptors (Lipinski definition) is 1. The Labute approximate surface area is 119 Å². The average Bonchev–Trinajstić information content (AvgIpc) is 3.12. The van der Waals surface area contributed by atoms with Crippen LogP contribution in [0.2, 0.25) is 0 Å². The van der Waals surface area contributed by atoms with Crippen LogP contribution in [0.4, 0.5) is 4.39 Å². The number of nitrogens with zero attached hydrogens (tertiary/aromatic N) is 2. The Balaban J connectivity index is 2.12. The van der Waals surface area contributed by atoms with Gasteiger partial charge in [-0.05, 0) is 69.7 Å². The Morgan fingerprint density at radius 1 is 1.20 bits per heavy atom. The van der Waals surface area contributed by atoms with Crippen molar-refractivity contribution in [2.24, 2.45) is 0 Å². The van der Waals surface area contributed by atoms with Gasteiger partial charge in [0.1, 0.15) is 5.82 Å². The number of benzene rings is 1. The van der Waals surface area contributed by atoms with Crippen LogP contribution >= 0.6 is 0 Å². The Hall–Kier alpha value is -1.64. The summed E-state index contributed by atoms with van der Waals surface area (Å²) < 4.78 is 15.5. The topological polar surface area (TPSA) is 17.8 Å². The first-order valence-electron chi connectivity index (χ1n) is 7.23. The SMILES string of the molecule is Cc1nn(C(C)(C)C)cc1-c1ccc(F)cc1C1CC1. The standard InChI is InChI=1S/C17H21FN2/c1-11-16(10-20(19-11)17(2,3)4)14-8-7-13(18)9-15(14)12-5-6-12/h7-10,12H,5-6H2,1-4H3. The van der Waals surface area contributed by atoms with E-state index in [4.69, 9.17) is 0 Å². The van der Waals surface area contributed by atoms with Crippen molar-refractivity contribution in [3.8, 4) is 11.1 Å². The first-order valence-corrected chi connectivity index (χ1v) is 7.23. The summed E-state index contributed by atoms with van der Waals surface area (Å²) in [6, 6.07) is 5.15. The summed E-state index contributed by atoms with van der Waals surface area (Å²) in [5, 5.41) is 4.62. The minimum Gasteiger partial charge on any atom is -0.267 e. The first-order chi connectivity index (χ1) is 9.36. The van der Waals surface area contributed by atoms with Crippen LogP contribution in [0.25, 0.3) is 11.1 Å². The van der Waals surface area contributed by atoms with Crippen LogP contribution in [-0.2, 0) is 5.54 Å². The average molecular weight is 272 g/mol. The van der Waals surface area contributed by atoms with Crippen molar-refractivity contribution in [2.75, 3.05) is 0 Å². The van der Waals surface area contributed by atoms with E-state index in [9.17, 15) is 4.39 Å². The van der Waals surface area contributed by atoms with E-state index in [0.717, 1.165) is 22.4 Å². The zero-order valence-corrected chi connectivity index (χ0v) is 12.6. The normalized spacial score (nSPS) is 15.7. The van der Waals surface area contributed by atoms with Gasteiger partial charge in [-0.3, -0.25) is 4.68 Å². The second-order valence-corrected chi connectivity index (χ2v) is 6.75. The minimum atomic E-state index is -0.142. The van der Waals surface area contributed by atoms with Gasteiger partial charge in [0.2, 0.25) is 0 Å². The molecule has 1 heterocycles. The van der Waals surface area contributed by atoms with Gasteiger partial charge in [0.25, 0.3) is 0 Å². The lowest BCUT2D eigenvalue weighted by atomic mass is 9.97. The quantitative estimate of drug-likeness (QED) is 0.779. The number of aromatic nitrogens is 2. The summed E-state index contributed by atoms with van der Waals surface area (Å²) in [4.78, 5) is 0. The van der Waals surface area contributed by atoms with Crippen molar-refractivity contribution in [3.63, 3.8) is 0 Å². The molecule has 106 valence electrons. The van der Waals surface area contributed by atoms with Crippen LogP contribution in [0, 0.1) is 12.7 Å². The summed E-state index contributed by atoms with van der Waals surface area (Å²) in [7, 11) is 0. The van der Waals surface area contributed by atoms with Crippen LogP contribution in [0.5, 0.6) is 0 Å². The Bertz CT molecular complexity index is 645. The molecule has 1 aromatic heterocycles. The first kappa shape index (κ1) is 13.3. The molecule has 20 heavy (non-hydrogen) atoms. The zero-order valence-electron chi connectivity index (χ0n) is 12.6. The lowest BCUT2D eigenvalue weighted by Crippen LogP contribution is -2.22. The highest BCUT2D eigenvalue weighted by Gasteiger charge is 2.28. The molecule has 1 aliphatic rings. The molecule has 0 aliphatic heterocycles. The van der Waals surface area contributed by atoms with Crippen LogP contribution in [0.3, 0.4) is 0 Å². The van der Waals surface area contributed by atoms with Gasteiger partial charge in [-0.15, -0.1) is 0 Å². The third kappa shape index (κ3) is 2.37. The van der Waals surface area contributed by atoms with Crippen molar-refractivity contribution in [1.29, 1.82) is 0 Å². The highest BCUT2D eigenvalue weighted by atomic mass is 19.1. The van der Waals surface area contributed by atoms with E-state index in [1.54, 1.807) is 12.1 Å². The molecule has 0 spiro atoms. The summed E-state index contributed by atoms with van der Waals surface area (Å²) in [6.45, 7) is 8.43. The second-order valence-electron chi connectivity index (χ2n) is 6.75. The molecule has 0 saturated heterocycles. The molecule has 0 bridgehead atoms. The summed E-state index contributed by atoms with van der Waals surface area (Å²) in [5.74, 6) is 0.384. The molecule has 3 heteroatoms. The molecule has 0 atom stereocenters. The lowest BCUT2D eigenvalue weighted by molar-refractivity contribution is 0.354. The third-order valence-corrected chi connectivity index (χ3v) is 3.91. The molecule has 0 radical (unpaired) electrons. The largest absolute Gasteiger partial charge is 0.267 e. The van der Waals surface area contributed by atoms with E-state index in [1.165, 1.54) is 12.8 Å². The number of aryl methyl sites for hydroxylation is 1. The van der Waals surface area contributed by atoms with Crippen molar-refractivity contribution in [2.45, 2.75) is 52.0 Å². The second kappa shape index (κ2) is 4.44. The molecule has 0 N–H and O–H groups in total. The van der Waals surface area contributed by atoms with Gasteiger partial charge in [0, 0.05) is 11.8 Å². The number of hydrogen-bond donors (Lipinski definition) is 0. The molecule has 1 aliphatic carbocycles. The van der Waals surface area contributed by atoms with Crippen LogP contribution in [0.1, 0.15) is 50.8 Å². The minimum absolute atomic E-state index is 0.0389. The highest BCUT2D eigenvalue weighted by molar-refractivity contribution is 5.70. The summed E-state index contributed by atoms with van der Waals surface area (Å²) in [6.07, 6.45) is 4.43. The summed E-state index contributed by atoms with van der Waals surface area (Å²) in [5.41, 5.74) is 4.38. The molecule has 2 aromatic rings. The predicted molar refractivity (Wildman–Crippen MR) is 79.3 cm³/mol. The smallest absolute Gasteiger partial charge is 0.123 e. The monoisotopic (exact) mass is 272 g/mol. The maximum Gasteiger partial charge on any atom is 0.123 e.